The van der Waals surface area contributed by atoms with E-state index in [4.69, 9.17) is 0 Å². The van der Waals surface area contributed by atoms with Gasteiger partial charge in [-0.3, -0.25) is 0 Å². The number of hydrogen-bond donors (Lipinski definition) is 0. The van der Waals surface area contributed by atoms with E-state index in [1.807, 2.05) is 19.1 Å². The van der Waals surface area contributed by atoms with E-state index in [2.05, 4.69) is 159 Å². The highest BCUT2D eigenvalue weighted by molar-refractivity contribution is 6.22. The van der Waals surface area contributed by atoms with Gasteiger partial charge in [0.25, 0.3) is 0 Å². The summed E-state index contributed by atoms with van der Waals surface area (Å²) in [5, 5.41) is 7.75. The van der Waals surface area contributed by atoms with Crippen LogP contribution in [0.4, 0.5) is 0 Å². The van der Waals surface area contributed by atoms with Crippen LogP contribution in [-0.2, 0) is 0 Å². The predicted octanol–water partition coefficient (Wildman–Crippen LogP) is 13.2. The van der Waals surface area contributed by atoms with Crippen molar-refractivity contribution in [3.8, 4) is 44.5 Å². The van der Waals surface area contributed by atoms with Crippen molar-refractivity contribution >= 4 is 38.4 Å². The molecule has 0 heteroatoms. The second-order valence-corrected chi connectivity index (χ2v) is 12.0. The molecule has 0 N–H and O–H groups in total. The first kappa shape index (κ1) is 27.8. The number of rotatable bonds is 6. The Bertz CT molecular complexity index is 2360. The van der Waals surface area contributed by atoms with E-state index in [1.54, 1.807) is 0 Å². The lowest BCUT2D eigenvalue weighted by Gasteiger charge is -2.18. The van der Waals surface area contributed by atoms with Crippen LogP contribution in [0.1, 0.15) is 19.4 Å². The molecule has 0 unspecified atom stereocenters. The fourth-order valence-corrected chi connectivity index (χ4v) is 7.33. The summed E-state index contributed by atoms with van der Waals surface area (Å²) in [6.07, 6.45) is 10.5. The maximum Gasteiger partial charge on any atom is -0.00261 e. The van der Waals surface area contributed by atoms with Gasteiger partial charge in [-0.1, -0.05) is 158 Å². The molecule has 0 atom stereocenters. The zero-order valence-corrected chi connectivity index (χ0v) is 26.2. The largest absolute Gasteiger partial charge is 0.0912 e. The van der Waals surface area contributed by atoms with Crippen LogP contribution in [0.15, 0.2) is 169 Å². The summed E-state index contributed by atoms with van der Waals surface area (Å²) in [6, 6.07) is 47.2. The van der Waals surface area contributed by atoms with Gasteiger partial charge in [-0.15, -0.1) is 0 Å². The highest BCUT2D eigenvalue weighted by Crippen LogP contribution is 2.50. The lowest BCUT2D eigenvalue weighted by Crippen LogP contribution is -1.91. The number of fused-ring (bicyclic) bond motifs is 5. The van der Waals surface area contributed by atoms with Gasteiger partial charge >= 0.3 is 0 Å². The first-order chi connectivity index (χ1) is 22.7. The van der Waals surface area contributed by atoms with Crippen LogP contribution >= 0.6 is 0 Å². The summed E-state index contributed by atoms with van der Waals surface area (Å²) in [7, 11) is 0. The highest BCUT2D eigenvalue weighted by Gasteiger charge is 2.23. The molecule has 0 saturated carbocycles. The normalized spacial score (nSPS) is 12.6. The molecule has 0 saturated heterocycles. The summed E-state index contributed by atoms with van der Waals surface area (Å²) in [4.78, 5) is 0. The van der Waals surface area contributed by atoms with E-state index in [9.17, 15) is 0 Å². The van der Waals surface area contributed by atoms with Crippen molar-refractivity contribution in [2.24, 2.45) is 0 Å². The summed E-state index contributed by atoms with van der Waals surface area (Å²) >= 11 is 0. The molecule has 1 aliphatic rings. The molecule has 1 aliphatic carbocycles. The van der Waals surface area contributed by atoms with Gasteiger partial charge in [-0.2, -0.15) is 0 Å². The van der Waals surface area contributed by atoms with Crippen molar-refractivity contribution in [3.63, 3.8) is 0 Å². The van der Waals surface area contributed by atoms with Gasteiger partial charge in [0, 0.05) is 0 Å². The van der Waals surface area contributed by atoms with Crippen LogP contribution in [0, 0.1) is 0 Å². The molecule has 46 heavy (non-hydrogen) atoms. The minimum absolute atomic E-state index is 1.01. The van der Waals surface area contributed by atoms with Crippen molar-refractivity contribution in [2.45, 2.75) is 13.8 Å². The summed E-state index contributed by atoms with van der Waals surface area (Å²) in [5.41, 5.74) is 13.7. The fraction of sp³-hybridized carbons (Fsp3) is 0.0435. The molecular weight excluding hydrogens is 553 g/mol. The van der Waals surface area contributed by atoms with E-state index < -0.39 is 0 Å². The molecule has 0 bridgehead atoms. The summed E-state index contributed by atoms with van der Waals surface area (Å²) in [5.74, 6) is 0. The molecule has 7 aromatic carbocycles. The van der Waals surface area contributed by atoms with Gasteiger partial charge in [0.05, 0.1) is 0 Å². The van der Waals surface area contributed by atoms with Crippen LogP contribution in [-0.4, -0.2) is 0 Å². The Hall–Kier alpha value is -5.72. The molecule has 7 aromatic rings. The van der Waals surface area contributed by atoms with Crippen molar-refractivity contribution in [3.05, 3.63) is 175 Å². The van der Waals surface area contributed by atoms with E-state index in [1.165, 1.54) is 76.8 Å². The lowest BCUT2D eigenvalue weighted by molar-refractivity contribution is 1.51. The lowest BCUT2D eigenvalue weighted by atomic mass is 9.85. The van der Waals surface area contributed by atoms with Crippen LogP contribution in [0.25, 0.3) is 82.9 Å². The summed E-state index contributed by atoms with van der Waals surface area (Å²) in [6.45, 7) is 8.27. The Morgan fingerprint density at radius 2 is 1.09 bits per heavy atom. The van der Waals surface area contributed by atoms with Gasteiger partial charge < -0.3 is 0 Å². The minimum atomic E-state index is 1.01. The molecule has 0 fully saturated rings. The van der Waals surface area contributed by atoms with Gasteiger partial charge in [-0.25, -0.2) is 0 Å². The molecule has 8 rings (SSSR count). The molecule has 0 aliphatic heterocycles. The van der Waals surface area contributed by atoms with Crippen LogP contribution in [0.3, 0.4) is 0 Å². The molecular formula is C46H34. The van der Waals surface area contributed by atoms with Crippen molar-refractivity contribution in [1.82, 2.24) is 0 Å². The zero-order valence-electron chi connectivity index (χ0n) is 26.2. The zero-order chi connectivity index (χ0) is 31.2. The first-order valence-electron chi connectivity index (χ1n) is 16.0. The quantitative estimate of drug-likeness (QED) is 0.134. The van der Waals surface area contributed by atoms with Gasteiger partial charge in [0.2, 0.25) is 0 Å². The number of benzene rings is 7. The summed E-state index contributed by atoms with van der Waals surface area (Å²) < 4.78 is 0. The van der Waals surface area contributed by atoms with Gasteiger partial charge in [0.1, 0.15) is 0 Å². The SMILES string of the molecule is C=C(C=CC)C(C=Cc1ccc(-c2c3ccccc3c(-c3ccc4c(c3)-c3cccc5cccc-4c35)c3ccccc23)cc1)=CC. The van der Waals surface area contributed by atoms with Gasteiger partial charge in [0.15, 0.2) is 0 Å². The van der Waals surface area contributed by atoms with E-state index in [0.717, 1.165) is 16.7 Å². The van der Waals surface area contributed by atoms with Crippen molar-refractivity contribution in [1.29, 1.82) is 0 Å². The topological polar surface area (TPSA) is 0 Å². The van der Waals surface area contributed by atoms with E-state index in [0.29, 0.717) is 0 Å². The second-order valence-electron chi connectivity index (χ2n) is 12.0. The van der Waals surface area contributed by atoms with Crippen LogP contribution < -0.4 is 0 Å². The molecule has 0 heterocycles. The Morgan fingerprint density at radius 3 is 1.67 bits per heavy atom. The molecule has 0 nitrogen and oxygen atoms in total. The Kier molecular flexibility index (Phi) is 6.85. The van der Waals surface area contributed by atoms with Crippen LogP contribution in [0.5, 0.6) is 0 Å². The van der Waals surface area contributed by atoms with Crippen molar-refractivity contribution in [2.75, 3.05) is 0 Å². The van der Waals surface area contributed by atoms with Gasteiger partial charge in [-0.05, 0) is 113 Å². The third-order valence-electron chi connectivity index (χ3n) is 9.43. The number of hydrogen-bond acceptors (Lipinski definition) is 0. The molecule has 0 spiro atoms. The maximum absolute atomic E-state index is 4.20. The number of allylic oxidation sites excluding steroid dienone is 6. The third kappa shape index (κ3) is 4.45. The standard InChI is InChI=1S/C46H34/c1-4-12-30(3)32(5-2)24-21-31-22-25-34(26-23-31)45-38-15-6-8-17-40(38)46(41-18-9-7-16-39(41)45)35-27-28-36-37-19-10-13-33-14-11-20-42(44(33)37)43(36)29-35/h4-29H,3H2,1-2H3. The molecule has 0 radical (unpaired) electrons. The monoisotopic (exact) mass is 586 g/mol. The molecule has 0 aromatic heterocycles. The molecule has 218 valence electrons. The average Bonchev–Trinajstić information content (AvgIpc) is 3.42. The smallest absolute Gasteiger partial charge is 0.00261 e. The predicted molar refractivity (Wildman–Crippen MR) is 201 cm³/mol. The second kappa shape index (κ2) is 11.3. The Balaban J connectivity index is 1.28. The van der Waals surface area contributed by atoms with Crippen LogP contribution in [0.2, 0.25) is 0 Å². The fourth-order valence-electron chi connectivity index (χ4n) is 7.33. The van der Waals surface area contributed by atoms with Crippen molar-refractivity contribution < 1.29 is 0 Å². The Labute approximate surface area is 271 Å². The minimum Gasteiger partial charge on any atom is -0.0912 e. The van der Waals surface area contributed by atoms with E-state index >= 15 is 0 Å². The Morgan fingerprint density at radius 1 is 0.522 bits per heavy atom. The molecule has 0 amide bonds. The maximum atomic E-state index is 4.20. The first-order valence-corrected chi connectivity index (χ1v) is 16.0. The van der Waals surface area contributed by atoms with E-state index in [-0.39, 0.29) is 0 Å². The average molecular weight is 587 g/mol. The third-order valence-corrected chi connectivity index (χ3v) is 9.43. The highest BCUT2D eigenvalue weighted by atomic mass is 14.3.